The van der Waals surface area contributed by atoms with Gasteiger partial charge in [-0.1, -0.05) is 20.3 Å². The fourth-order valence-corrected chi connectivity index (χ4v) is 1.97. The lowest BCUT2D eigenvalue weighted by Crippen LogP contribution is -2.33. The highest BCUT2D eigenvalue weighted by Crippen LogP contribution is 2.20. The highest BCUT2D eigenvalue weighted by atomic mass is 16.3. The minimum atomic E-state index is -0.494. The number of unbranched alkanes of at least 4 members (excludes halogenated alkanes) is 1. The van der Waals surface area contributed by atoms with Crippen molar-refractivity contribution < 1.29 is 5.11 Å². The van der Waals surface area contributed by atoms with Crippen LogP contribution in [0.15, 0.2) is 18.3 Å². The molecule has 2 unspecified atom stereocenters. The summed E-state index contributed by atoms with van der Waals surface area (Å²) in [6.07, 6.45) is 4.91. The highest BCUT2D eigenvalue weighted by molar-refractivity contribution is 5.45. The molecule has 0 radical (unpaired) electrons. The Bertz CT molecular complexity index is 335. The van der Waals surface area contributed by atoms with Gasteiger partial charge >= 0.3 is 0 Å². The van der Waals surface area contributed by atoms with Gasteiger partial charge < -0.3 is 10.0 Å². The molecule has 3 heteroatoms. The molecular weight excluding hydrogens is 224 g/mol. The Morgan fingerprint density at radius 1 is 1.28 bits per heavy atom. The fourth-order valence-electron chi connectivity index (χ4n) is 1.97. The van der Waals surface area contributed by atoms with E-state index in [1.165, 1.54) is 12.8 Å². The average molecular weight is 250 g/mol. The molecule has 1 heterocycles. The zero-order valence-electron chi connectivity index (χ0n) is 12.1. The number of aromatic nitrogens is 1. The maximum absolute atomic E-state index is 9.47. The maximum Gasteiger partial charge on any atom is 0.0931 e. The maximum atomic E-state index is 9.47. The van der Waals surface area contributed by atoms with Crippen LogP contribution in [-0.4, -0.2) is 22.7 Å². The zero-order chi connectivity index (χ0) is 13.5. The third-order valence-corrected chi connectivity index (χ3v) is 3.41. The summed E-state index contributed by atoms with van der Waals surface area (Å²) >= 11 is 0. The molecule has 0 aliphatic carbocycles. The lowest BCUT2D eigenvalue weighted by molar-refractivity contribution is 0.194. The SMILES string of the molecule is CCCCN(c1ccc(C(C)O)nc1)C(C)CC. The van der Waals surface area contributed by atoms with Crippen molar-refractivity contribution in [2.45, 2.75) is 59.1 Å². The minimum absolute atomic E-state index is 0.494. The Kier molecular flexibility index (Phi) is 6.13. The molecule has 0 aliphatic heterocycles. The van der Waals surface area contributed by atoms with Gasteiger partial charge in [0, 0.05) is 12.6 Å². The van der Waals surface area contributed by atoms with E-state index in [-0.39, 0.29) is 0 Å². The van der Waals surface area contributed by atoms with Crippen LogP contribution < -0.4 is 4.90 Å². The fraction of sp³-hybridized carbons (Fsp3) is 0.667. The van der Waals surface area contributed by atoms with Crippen LogP contribution in [-0.2, 0) is 0 Å². The molecule has 2 atom stereocenters. The summed E-state index contributed by atoms with van der Waals surface area (Å²) in [5, 5.41) is 9.47. The lowest BCUT2D eigenvalue weighted by atomic mass is 10.1. The van der Waals surface area contributed by atoms with E-state index in [0.29, 0.717) is 6.04 Å². The van der Waals surface area contributed by atoms with Crippen molar-refractivity contribution >= 4 is 5.69 Å². The van der Waals surface area contributed by atoms with Crippen LogP contribution in [0.4, 0.5) is 5.69 Å². The average Bonchev–Trinajstić information content (AvgIpc) is 2.39. The molecule has 1 rings (SSSR count). The van der Waals surface area contributed by atoms with Crippen LogP contribution in [0.5, 0.6) is 0 Å². The largest absolute Gasteiger partial charge is 0.387 e. The number of rotatable bonds is 7. The zero-order valence-corrected chi connectivity index (χ0v) is 12.1. The summed E-state index contributed by atoms with van der Waals surface area (Å²) in [6.45, 7) is 9.48. The Balaban J connectivity index is 2.83. The molecule has 1 N–H and O–H groups in total. The number of nitrogens with zero attached hydrogens (tertiary/aromatic N) is 2. The summed E-state index contributed by atoms with van der Waals surface area (Å²) < 4.78 is 0. The number of hydrogen-bond donors (Lipinski definition) is 1. The van der Waals surface area contributed by atoms with Crippen LogP contribution in [0.2, 0.25) is 0 Å². The number of aliphatic hydroxyl groups excluding tert-OH is 1. The predicted molar refractivity (Wildman–Crippen MR) is 76.9 cm³/mol. The van der Waals surface area contributed by atoms with E-state index in [1.54, 1.807) is 6.92 Å². The predicted octanol–water partition coefficient (Wildman–Crippen LogP) is 3.54. The molecule has 0 spiro atoms. The van der Waals surface area contributed by atoms with Gasteiger partial charge in [0.15, 0.2) is 0 Å². The summed E-state index contributed by atoms with van der Waals surface area (Å²) in [6, 6.07) is 4.51. The van der Waals surface area contributed by atoms with Crippen molar-refractivity contribution in [1.29, 1.82) is 0 Å². The summed E-state index contributed by atoms with van der Waals surface area (Å²) in [7, 11) is 0. The van der Waals surface area contributed by atoms with E-state index >= 15 is 0 Å². The second-order valence-corrected chi connectivity index (χ2v) is 4.92. The first-order chi connectivity index (χ1) is 8.60. The van der Waals surface area contributed by atoms with Gasteiger partial charge in [0.05, 0.1) is 23.7 Å². The van der Waals surface area contributed by atoms with Gasteiger partial charge in [-0.05, 0) is 38.8 Å². The van der Waals surface area contributed by atoms with Gasteiger partial charge in [0.1, 0.15) is 0 Å². The van der Waals surface area contributed by atoms with Crippen molar-refractivity contribution in [2.24, 2.45) is 0 Å². The van der Waals surface area contributed by atoms with Crippen LogP contribution in [0, 0.1) is 0 Å². The van der Waals surface area contributed by atoms with Crippen molar-refractivity contribution in [2.75, 3.05) is 11.4 Å². The molecule has 0 amide bonds. The first kappa shape index (κ1) is 15.0. The topological polar surface area (TPSA) is 36.4 Å². The Morgan fingerprint density at radius 2 is 2.00 bits per heavy atom. The quantitative estimate of drug-likeness (QED) is 0.804. The first-order valence-corrected chi connectivity index (χ1v) is 7.00. The number of anilines is 1. The molecule has 1 aromatic rings. The third kappa shape index (κ3) is 3.98. The minimum Gasteiger partial charge on any atom is -0.387 e. The monoisotopic (exact) mass is 250 g/mol. The Morgan fingerprint density at radius 3 is 2.44 bits per heavy atom. The van der Waals surface area contributed by atoms with Gasteiger partial charge in [-0.15, -0.1) is 0 Å². The first-order valence-electron chi connectivity index (χ1n) is 7.00. The van der Waals surface area contributed by atoms with E-state index < -0.39 is 6.10 Å². The van der Waals surface area contributed by atoms with E-state index in [0.717, 1.165) is 24.3 Å². The van der Waals surface area contributed by atoms with Gasteiger partial charge in [0.2, 0.25) is 0 Å². The molecule has 0 fully saturated rings. The molecule has 0 saturated carbocycles. The van der Waals surface area contributed by atoms with Crippen LogP contribution in [0.25, 0.3) is 0 Å². The van der Waals surface area contributed by atoms with E-state index in [4.69, 9.17) is 0 Å². The smallest absolute Gasteiger partial charge is 0.0931 e. The number of aliphatic hydroxyl groups is 1. The van der Waals surface area contributed by atoms with E-state index in [2.05, 4.69) is 36.7 Å². The molecular formula is C15H26N2O. The number of pyridine rings is 1. The van der Waals surface area contributed by atoms with Crippen molar-refractivity contribution in [3.05, 3.63) is 24.0 Å². The van der Waals surface area contributed by atoms with Gasteiger partial charge in [0.25, 0.3) is 0 Å². The molecule has 1 aromatic heterocycles. The van der Waals surface area contributed by atoms with Gasteiger partial charge in [-0.25, -0.2) is 0 Å². The second kappa shape index (κ2) is 7.37. The van der Waals surface area contributed by atoms with E-state index in [9.17, 15) is 5.11 Å². The molecule has 3 nitrogen and oxygen atoms in total. The Hall–Kier alpha value is -1.09. The van der Waals surface area contributed by atoms with Crippen molar-refractivity contribution in [1.82, 2.24) is 4.98 Å². The van der Waals surface area contributed by atoms with Crippen LogP contribution in [0.1, 0.15) is 58.8 Å². The summed E-state index contributed by atoms with van der Waals surface area (Å²) in [5.41, 5.74) is 1.89. The second-order valence-electron chi connectivity index (χ2n) is 4.92. The lowest BCUT2D eigenvalue weighted by Gasteiger charge is -2.30. The van der Waals surface area contributed by atoms with Crippen LogP contribution in [0.3, 0.4) is 0 Å². The van der Waals surface area contributed by atoms with E-state index in [1.807, 2.05) is 12.3 Å². The summed E-state index contributed by atoms with van der Waals surface area (Å²) in [4.78, 5) is 6.74. The van der Waals surface area contributed by atoms with Crippen LogP contribution >= 0.6 is 0 Å². The van der Waals surface area contributed by atoms with Crippen molar-refractivity contribution in [3.63, 3.8) is 0 Å². The third-order valence-electron chi connectivity index (χ3n) is 3.41. The molecule has 102 valence electrons. The number of hydrogen-bond acceptors (Lipinski definition) is 3. The summed E-state index contributed by atoms with van der Waals surface area (Å²) in [5.74, 6) is 0. The molecule has 0 aliphatic rings. The van der Waals surface area contributed by atoms with Gasteiger partial charge in [-0.2, -0.15) is 0 Å². The van der Waals surface area contributed by atoms with Crippen molar-refractivity contribution in [3.8, 4) is 0 Å². The molecule has 0 aromatic carbocycles. The highest BCUT2D eigenvalue weighted by Gasteiger charge is 2.13. The molecule has 0 saturated heterocycles. The normalized spacial score (nSPS) is 14.3. The standard InChI is InChI=1S/C15H26N2O/c1-5-7-10-17(12(3)6-2)14-8-9-15(13(4)18)16-11-14/h8-9,11-13,18H,5-7,10H2,1-4H3. The van der Waals surface area contributed by atoms with Gasteiger partial charge in [-0.3, -0.25) is 4.98 Å². The molecule has 0 bridgehead atoms. The molecule has 18 heavy (non-hydrogen) atoms. The Labute approximate surface area is 111 Å².